The minimum atomic E-state index is 0.717. The predicted octanol–water partition coefficient (Wildman–Crippen LogP) is 1.91. The maximum atomic E-state index is 5.96. The van der Waals surface area contributed by atoms with E-state index in [9.17, 15) is 0 Å². The molecule has 1 saturated heterocycles. The van der Waals surface area contributed by atoms with Gasteiger partial charge in [0, 0.05) is 46.0 Å². The first kappa shape index (κ1) is 15.9. The lowest BCUT2D eigenvalue weighted by Crippen LogP contribution is -2.43. The second-order valence-corrected chi connectivity index (χ2v) is 5.12. The second-order valence-electron chi connectivity index (χ2n) is 5.12. The molecule has 118 valence electrons. The Kier molecular flexibility index (Phi) is 6.63. The van der Waals surface area contributed by atoms with Gasteiger partial charge in [0.1, 0.15) is 11.5 Å². The summed E-state index contributed by atoms with van der Waals surface area (Å²) in [6.07, 6.45) is 2.02. The molecular weight excluding hydrogens is 268 g/mol. The molecule has 2 rings (SSSR count). The molecule has 0 atom stereocenters. The predicted molar refractivity (Wildman–Crippen MR) is 84.7 cm³/mol. The van der Waals surface area contributed by atoms with Crippen molar-refractivity contribution in [2.75, 3.05) is 58.5 Å². The van der Waals surface area contributed by atoms with Crippen LogP contribution in [0.5, 0.6) is 11.5 Å². The summed E-state index contributed by atoms with van der Waals surface area (Å²) in [6, 6.07) is 6.03. The number of unbranched alkanes of at least 4 members (excludes halogenated alkanes) is 1. The van der Waals surface area contributed by atoms with Crippen LogP contribution in [-0.4, -0.2) is 53.6 Å². The minimum absolute atomic E-state index is 0.717. The van der Waals surface area contributed by atoms with Gasteiger partial charge in [0.05, 0.1) is 19.4 Å². The molecule has 1 heterocycles. The molecule has 5 nitrogen and oxygen atoms in total. The van der Waals surface area contributed by atoms with E-state index < -0.39 is 0 Å². The molecule has 1 aliphatic heterocycles. The summed E-state index contributed by atoms with van der Waals surface area (Å²) >= 11 is 0. The van der Waals surface area contributed by atoms with Gasteiger partial charge in [-0.25, -0.2) is 0 Å². The Bertz CT molecular complexity index is 420. The van der Waals surface area contributed by atoms with Gasteiger partial charge in [0.15, 0.2) is 0 Å². The molecule has 0 aliphatic carbocycles. The van der Waals surface area contributed by atoms with E-state index in [0.29, 0.717) is 0 Å². The lowest BCUT2D eigenvalue weighted by Gasteiger charge is -2.31. The van der Waals surface area contributed by atoms with E-state index in [-0.39, 0.29) is 0 Å². The molecule has 1 aliphatic rings. The molecule has 0 radical (unpaired) electrons. The number of methoxy groups -OCH3 is 2. The first-order valence-corrected chi connectivity index (χ1v) is 7.60. The topological polar surface area (TPSA) is 43.0 Å². The van der Waals surface area contributed by atoms with Crippen LogP contribution in [0.3, 0.4) is 0 Å². The van der Waals surface area contributed by atoms with Gasteiger partial charge in [-0.05, 0) is 25.0 Å². The van der Waals surface area contributed by atoms with Crippen LogP contribution < -0.4 is 19.7 Å². The van der Waals surface area contributed by atoms with Gasteiger partial charge in [-0.15, -0.1) is 0 Å². The Balaban J connectivity index is 2.00. The standard InChI is InChI=1S/C16H26N2O3/c1-19-11-3-4-12-21-16-6-5-14(20-2)13-15(16)18-9-7-17-8-10-18/h5-6,13,17H,3-4,7-12H2,1-2H3. The molecule has 1 aromatic carbocycles. The van der Waals surface area contributed by atoms with Crippen molar-refractivity contribution < 1.29 is 14.2 Å². The van der Waals surface area contributed by atoms with E-state index in [2.05, 4.69) is 16.3 Å². The van der Waals surface area contributed by atoms with Crippen LogP contribution in [0.25, 0.3) is 0 Å². The number of piperazine rings is 1. The highest BCUT2D eigenvalue weighted by molar-refractivity contribution is 5.62. The van der Waals surface area contributed by atoms with Gasteiger partial charge in [-0.3, -0.25) is 0 Å². The maximum Gasteiger partial charge on any atom is 0.142 e. The van der Waals surface area contributed by atoms with Crippen molar-refractivity contribution in [3.05, 3.63) is 18.2 Å². The third kappa shape index (κ3) is 4.79. The van der Waals surface area contributed by atoms with Crippen LogP contribution in [0.4, 0.5) is 5.69 Å². The molecule has 21 heavy (non-hydrogen) atoms. The summed E-state index contributed by atoms with van der Waals surface area (Å²) in [6.45, 7) is 5.50. The van der Waals surface area contributed by atoms with Crippen molar-refractivity contribution >= 4 is 5.69 Å². The van der Waals surface area contributed by atoms with Crippen LogP contribution in [-0.2, 0) is 4.74 Å². The Morgan fingerprint density at radius 2 is 1.86 bits per heavy atom. The van der Waals surface area contributed by atoms with Crippen LogP contribution in [0.1, 0.15) is 12.8 Å². The van der Waals surface area contributed by atoms with Gasteiger partial charge >= 0.3 is 0 Å². The molecule has 0 bridgehead atoms. The molecule has 0 amide bonds. The molecule has 0 saturated carbocycles. The van der Waals surface area contributed by atoms with E-state index in [1.165, 1.54) is 0 Å². The van der Waals surface area contributed by atoms with Crippen molar-refractivity contribution in [3.63, 3.8) is 0 Å². The second kappa shape index (κ2) is 8.74. The Hall–Kier alpha value is -1.46. The minimum Gasteiger partial charge on any atom is -0.497 e. The van der Waals surface area contributed by atoms with E-state index >= 15 is 0 Å². The van der Waals surface area contributed by atoms with E-state index in [0.717, 1.165) is 69.4 Å². The van der Waals surface area contributed by atoms with Gasteiger partial charge in [-0.1, -0.05) is 0 Å². The molecular formula is C16H26N2O3. The van der Waals surface area contributed by atoms with Gasteiger partial charge < -0.3 is 24.4 Å². The number of rotatable bonds is 8. The van der Waals surface area contributed by atoms with Crippen molar-refractivity contribution in [1.29, 1.82) is 0 Å². The third-order valence-electron chi connectivity index (χ3n) is 3.62. The number of nitrogens with zero attached hydrogens (tertiary/aromatic N) is 1. The zero-order chi connectivity index (χ0) is 14.9. The number of benzene rings is 1. The van der Waals surface area contributed by atoms with E-state index in [1.807, 2.05) is 12.1 Å². The number of ether oxygens (including phenoxy) is 3. The molecule has 1 N–H and O–H groups in total. The monoisotopic (exact) mass is 294 g/mol. The Morgan fingerprint density at radius 3 is 2.57 bits per heavy atom. The average molecular weight is 294 g/mol. The maximum absolute atomic E-state index is 5.96. The van der Waals surface area contributed by atoms with Crippen LogP contribution >= 0.6 is 0 Å². The number of hydrogen-bond acceptors (Lipinski definition) is 5. The molecule has 5 heteroatoms. The molecule has 0 unspecified atom stereocenters. The van der Waals surface area contributed by atoms with Gasteiger partial charge in [0.2, 0.25) is 0 Å². The summed E-state index contributed by atoms with van der Waals surface area (Å²) in [5.74, 6) is 1.81. The smallest absolute Gasteiger partial charge is 0.142 e. The number of anilines is 1. The Morgan fingerprint density at radius 1 is 1.10 bits per heavy atom. The molecule has 1 aromatic rings. The molecule has 0 aromatic heterocycles. The highest BCUT2D eigenvalue weighted by Gasteiger charge is 2.16. The van der Waals surface area contributed by atoms with Crippen LogP contribution in [0.15, 0.2) is 18.2 Å². The van der Waals surface area contributed by atoms with Crippen molar-refractivity contribution in [2.24, 2.45) is 0 Å². The first-order chi connectivity index (χ1) is 10.3. The SMILES string of the molecule is COCCCCOc1ccc(OC)cc1N1CCNCC1. The summed E-state index contributed by atoms with van der Waals surface area (Å²) in [5.41, 5.74) is 1.13. The van der Waals surface area contributed by atoms with Gasteiger partial charge in [-0.2, -0.15) is 0 Å². The van der Waals surface area contributed by atoms with Gasteiger partial charge in [0.25, 0.3) is 0 Å². The highest BCUT2D eigenvalue weighted by Crippen LogP contribution is 2.32. The quantitative estimate of drug-likeness (QED) is 0.742. The van der Waals surface area contributed by atoms with E-state index in [4.69, 9.17) is 14.2 Å². The normalized spacial score (nSPS) is 15.0. The number of hydrogen-bond donors (Lipinski definition) is 1. The Labute approximate surface area is 127 Å². The van der Waals surface area contributed by atoms with Crippen molar-refractivity contribution in [2.45, 2.75) is 12.8 Å². The molecule has 1 fully saturated rings. The summed E-state index contributed by atoms with van der Waals surface area (Å²) < 4.78 is 16.4. The van der Waals surface area contributed by atoms with Crippen molar-refractivity contribution in [1.82, 2.24) is 5.32 Å². The molecule has 0 spiro atoms. The van der Waals surface area contributed by atoms with Crippen LogP contribution in [0.2, 0.25) is 0 Å². The number of nitrogens with one attached hydrogen (secondary N) is 1. The van der Waals surface area contributed by atoms with E-state index in [1.54, 1.807) is 14.2 Å². The average Bonchev–Trinajstić information content (AvgIpc) is 2.55. The summed E-state index contributed by atoms with van der Waals surface area (Å²) in [7, 11) is 3.43. The fraction of sp³-hybridized carbons (Fsp3) is 0.625. The fourth-order valence-electron chi connectivity index (χ4n) is 2.43. The first-order valence-electron chi connectivity index (χ1n) is 7.60. The van der Waals surface area contributed by atoms with Crippen molar-refractivity contribution in [3.8, 4) is 11.5 Å². The summed E-state index contributed by atoms with van der Waals surface area (Å²) in [4.78, 5) is 2.35. The largest absolute Gasteiger partial charge is 0.497 e. The lowest BCUT2D eigenvalue weighted by molar-refractivity contribution is 0.184. The zero-order valence-electron chi connectivity index (χ0n) is 13.1. The summed E-state index contributed by atoms with van der Waals surface area (Å²) in [5, 5.41) is 3.37. The zero-order valence-corrected chi connectivity index (χ0v) is 13.1. The third-order valence-corrected chi connectivity index (χ3v) is 3.62. The van der Waals surface area contributed by atoms with Crippen LogP contribution in [0, 0.1) is 0 Å². The lowest BCUT2D eigenvalue weighted by atomic mass is 10.2. The highest BCUT2D eigenvalue weighted by atomic mass is 16.5. The fourth-order valence-corrected chi connectivity index (χ4v) is 2.43.